The lowest BCUT2D eigenvalue weighted by Crippen LogP contribution is -2.26. The molecule has 1 heterocycles. The number of esters is 1. The van der Waals surface area contributed by atoms with E-state index >= 15 is 0 Å². The normalized spacial score (nSPS) is 23.7. The van der Waals surface area contributed by atoms with Gasteiger partial charge < -0.3 is 4.74 Å². The maximum absolute atomic E-state index is 10.6. The molecule has 1 aliphatic heterocycles. The summed E-state index contributed by atoms with van der Waals surface area (Å²) < 4.78 is 4.16. The zero-order chi connectivity index (χ0) is 8.59. The number of cyclic esters (lactones) is 1. The van der Waals surface area contributed by atoms with Gasteiger partial charge in [0.2, 0.25) is 6.10 Å². The number of carbonyl (C=O) groups is 4. The molecule has 1 atom stereocenters. The van der Waals surface area contributed by atoms with Gasteiger partial charge in [-0.25, -0.2) is 4.79 Å². The molecule has 11 heavy (non-hydrogen) atoms. The van der Waals surface area contributed by atoms with Crippen molar-refractivity contribution in [3.8, 4) is 0 Å². The van der Waals surface area contributed by atoms with E-state index in [-0.39, 0.29) is 0 Å². The van der Waals surface area contributed by atoms with Crippen molar-refractivity contribution < 1.29 is 23.9 Å². The number of Topliss-reactive ketones (excluding diaryl/α,β-unsaturated/α-hetero) is 3. The number of rotatable bonds is 1. The number of hydrogen-bond acceptors (Lipinski definition) is 5. The van der Waals surface area contributed by atoms with Crippen molar-refractivity contribution in [2.75, 3.05) is 0 Å². The van der Waals surface area contributed by atoms with Gasteiger partial charge in [0.05, 0.1) is 0 Å². The van der Waals surface area contributed by atoms with Gasteiger partial charge in [0.25, 0.3) is 5.78 Å². The van der Waals surface area contributed by atoms with Crippen molar-refractivity contribution >= 4 is 23.3 Å². The average molecular weight is 156 g/mol. The molecule has 1 aliphatic rings. The molecule has 1 fully saturated rings. The minimum Gasteiger partial charge on any atom is -0.440 e. The van der Waals surface area contributed by atoms with Crippen LogP contribution in [-0.2, 0) is 23.9 Å². The number of ether oxygens (including phenoxy) is 1. The zero-order valence-electron chi connectivity index (χ0n) is 5.62. The first kappa shape index (κ1) is 7.59. The Morgan fingerprint density at radius 1 is 1.36 bits per heavy atom. The van der Waals surface area contributed by atoms with Gasteiger partial charge in [-0.2, -0.15) is 0 Å². The van der Waals surface area contributed by atoms with E-state index in [9.17, 15) is 19.2 Å². The van der Waals surface area contributed by atoms with Crippen molar-refractivity contribution in [1.29, 1.82) is 0 Å². The van der Waals surface area contributed by atoms with Crippen molar-refractivity contribution in [2.45, 2.75) is 13.0 Å². The summed E-state index contributed by atoms with van der Waals surface area (Å²) in [4.78, 5) is 41.9. The molecule has 58 valence electrons. The second-order valence-corrected chi connectivity index (χ2v) is 2.09. The summed E-state index contributed by atoms with van der Waals surface area (Å²) in [5.41, 5.74) is 0. The van der Waals surface area contributed by atoms with Crippen LogP contribution in [0.4, 0.5) is 0 Å². The van der Waals surface area contributed by atoms with Gasteiger partial charge in [0, 0.05) is 0 Å². The van der Waals surface area contributed by atoms with Crippen molar-refractivity contribution in [2.24, 2.45) is 0 Å². The Bertz CT molecular complexity index is 264. The van der Waals surface area contributed by atoms with E-state index in [1.54, 1.807) is 0 Å². The average Bonchev–Trinajstić information content (AvgIpc) is 2.17. The smallest absolute Gasteiger partial charge is 0.384 e. The number of hydrogen-bond donors (Lipinski definition) is 0. The van der Waals surface area contributed by atoms with Crippen molar-refractivity contribution in [3.05, 3.63) is 0 Å². The molecule has 1 rings (SSSR count). The van der Waals surface area contributed by atoms with Gasteiger partial charge in [-0.1, -0.05) is 0 Å². The van der Waals surface area contributed by atoms with Gasteiger partial charge in [-0.15, -0.1) is 0 Å². The summed E-state index contributed by atoms with van der Waals surface area (Å²) in [6, 6.07) is 0. The molecule has 5 heteroatoms. The maximum atomic E-state index is 10.6. The molecular formula is C6H4O5. The molecule has 1 saturated heterocycles. The van der Waals surface area contributed by atoms with Crippen LogP contribution < -0.4 is 0 Å². The molecule has 0 amide bonds. The third-order valence-corrected chi connectivity index (χ3v) is 1.24. The molecule has 5 nitrogen and oxygen atoms in total. The summed E-state index contributed by atoms with van der Waals surface area (Å²) in [6.45, 7) is 1.08. The third kappa shape index (κ3) is 1.04. The molecule has 0 aliphatic carbocycles. The van der Waals surface area contributed by atoms with Crippen LogP contribution in [0.15, 0.2) is 0 Å². The molecule has 1 unspecified atom stereocenters. The quantitative estimate of drug-likeness (QED) is 0.266. The van der Waals surface area contributed by atoms with Crippen LogP contribution in [0.2, 0.25) is 0 Å². The molecule has 0 N–H and O–H groups in total. The fraction of sp³-hybridized carbons (Fsp3) is 0.333. The van der Waals surface area contributed by atoms with Crippen LogP contribution in [0.3, 0.4) is 0 Å². The van der Waals surface area contributed by atoms with Gasteiger partial charge in [-0.05, 0) is 6.92 Å². The number of carbonyl (C=O) groups excluding carboxylic acids is 4. The first-order valence-electron chi connectivity index (χ1n) is 2.83. The second-order valence-electron chi connectivity index (χ2n) is 2.09. The van der Waals surface area contributed by atoms with Gasteiger partial charge in [0.15, 0.2) is 5.78 Å². The minimum atomic E-state index is -1.49. The largest absolute Gasteiger partial charge is 0.440 e. The monoisotopic (exact) mass is 156 g/mol. The molecule has 0 bridgehead atoms. The molecule has 0 spiro atoms. The molecule has 0 aromatic rings. The summed E-state index contributed by atoms with van der Waals surface area (Å²) >= 11 is 0. The highest BCUT2D eigenvalue weighted by molar-refractivity contribution is 6.67. The predicted molar refractivity (Wildman–Crippen MR) is 30.6 cm³/mol. The Balaban J connectivity index is 2.92. The van der Waals surface area contributed by atoms with E-state index in [0.29, 0.717) is 0 Å². The van der Waals surface area contributed by atoms with Crippen LogP contribution in [0.25, 0.3) is 0 Å². The fourth-order valence-corrected chi connectivity index (χ4v) is 0.701. The third-order valence-electron chi connectivity index (χ3n) is 1.24. The Labute approximate surface area is 61.3 Å². The van der Waals surface area contributed by atoms with Crippen molar-refractivity contribution in [1.82, 2.24) is 0 Å². The lowest BCUT2D eigenvalue weighted by atomic mass is 10.1. The van der Waals surface area contributed by atoms with Crippen LogP contribution >= 0.6 is 0 Å². The fourth-order valence-electron chi connectivity index (χ4n) is 0.701. The first-order valence-corrected chi connectivity index (χ1v) is 2.83. The van der Waals surface area contributed by atoms with E-state index in [4.69, 9.17) is 0 Å². The van der Waals surface area contributed by atoms with Gasteiger partial charge in [0.1, 0.15) is 0 Å². The van der Waals surface area contributed by atoms with E-state index in [1.165, 1.54) is 0 Å². The first-order chi connectivity index (χ1) is 5.04. The van der Waals surface area contributed by atoms with E-state index in [1.807, 2.05) is 0 Å². The predicted octanol–water partition coefficient (Wildman–Crippen LogP) is -1.36. The number of ketones is 3. The highest BCUT2D eigenvalue weighted by Crippen LogP contribution is 2.07. The summed E-state index contributed by atoms with van der Waals surface area (Å²) in [7, 11) is 0. The summed E-state index contributed by atoms with van der Waals surface area (Å²) in [5.74, 6) is -4.18. The molecular weight excluding hydrogens is 152 g/mol. The topological polar surface area (TPSA) is 77.5 Å². The second kappa shape index (κ2) is 2.26. The Morgan fingerprint density at radius 3 is 2.09 bits per heavy atom. The highest BCUT2D eigenvalue weighted by atomic mass is 16.6. The zero-order valence-corrected chi connectivity index (χ0v) is 5.62. The van der Waals surface area contributed by atoms with E-state index in [2.05, 4.69) is 4.74 Å². The summed E-state index contributed by atoms with van der Waals surface area (Å²) in [5, 5.41) is 0. The minimum absolute atomic E-state index is 0.630. The van der Waals surface area contributed by atoms with E-state index < -0.39 is 29.4 Å². The molecule has 0 saturated carbocycles. The van der Waals surface area contributed by atoms with Crippen LogP contribution in [0.5, 0.6) is 0 Å². The van der Waals surface area contributed by atoms with Crippen molar-refractivity contribution in [3.63, 3.8) is 0 Å². The lowest BCUT2D eigenvalue weighted by Gasteiger charge is -1.98. The Morgan fingerprint density at radius 2 is 1.91 bits per heavy atom. The van der Waals surface area contributed by atoms with Crippen LogP contribution in [0, 0.1) is 0 Å². The molecule has 0 aromatic heterocycles. The highest BCUT2D eigenvalue weighted by Gasteiger charge is 2.44. The van der Waals surface area contributed by atoms with Crippen LogP contribution in [-0.4, -0.2) is 29.4 Å². The van der Waals surface area contributed by atoms with Crippen LogP contribution in [0.1, 0.15) is 6.92 Å². The Kier molecular flexibility index (Phi) is 1.56. The van der Waals surface area contributed by atoms with E-state index in [0.717, 1.165) is 6.92 Å². The molecule has 0 radical (unpaired) electrons. The summed E-state index contributed by atoms with van der Waals surface area (Å²) in [6.07, 6.45) is -1.49. The SMILES string of the molecule is CC(=O)C1OC(=O)C(=O)C1=O. The lowest BCUT2D eigenvalue weighted by molar-refractivity contribution is -0.151. The standard InChI is InChI=1S/C6H4O5/c1-2(7)5-3(8)4(9)6(10)11-5/h5H,1H3. The molecule has 0 aromatic carbocycles. The van der Waals surface area contributed by atoms with Gasteiger partial charge >= 0.3 is 11.8 Å². The Hall–Kier alpha value is -1.52. The maximum Gasteiger partial charge on any atom is 0.384 e. The van der Waals surface area contributed by atoms with Gasteiger partial charge in [-0.3, -0.25) is 14.4 Å².